The van der Waals surface area contributed by atoms with Crippen molar-refractivity contribution in [3.8, 4) is 0 Å². The first-order valence-electron chi connectivity index (χ1n) is 5.69. The molecule has 0 aliphatic rings. The highest BCUT2D eigenvalue weighted by Gasteiger charge is 2.13. The quantitative estimate of drug-likeness (QED) is 0.416. The minimum Gasteiger partial charge on any atom is -0.276 e. The molecule has 0 unspecified atom stereocenters. The summed E-state index contributed by atoms with van der Waals surface area (Å²) >= 11 is 1.60. The predicted molar refractivity (Wildman–Crippen MR) is 67.8 cm³/mol. The van der Waals surface area contributed by atoms with Crippen molar-refractivity contribution in [1.82, 2.24) is 0 Å². The summed E-state index contributed by atoms with van der Waals surface area (Å²) in [6.07, 6.45) is 3.70. The molecular formula is C12H19NO2S. The molecule has 3 nitrogen and oxygen atoms in total. The molecule has 0 fully saturated rings. The number of carbonyl (C=O) groups excluding carboxylic acids is 1. The van der Waals surface area contributed by atoms with Crippen molar-refractivity contribution >= 4 is 22.7 Å². The molecule has 0 spiro atoms. The third-order valence-corrected chi connectivity index (χ3v) is 3.39. The van der Waals surface area contributed by atoms with Crippen molar-refractivity contribution in [1.29, 1.82) is 0 Å². The highest BCUT2D eigenvalue weighted by molar-refractivity contribution is 7.16. The van der Waals surface area contributed by atoms with Crippen LogP contribution in [0, 0.1) is 6.92 Å². The van der Waals surface area contributed by atoms with Gasteiger partial charge in [-0.2, -0.15) is 5.06 Å². The van der Waals surface area contributed by atoms with Crippen LogP contribution in [-0.4, -0.2) is 13.0 Å². The first kappa shape index (κ1) is 13.2. The van der Waals surface area contributed by atoms with E-state index in [2.05, 4.69) is 19.9 Å². The summed E-state index contributed by atoms with van der Waals surface area (Å²) in [5.41, 5.74) is 1.17. The van der Waals surface area contributed by atoms with Gasteiger partial charge in [0.2, 0.25) is 6.41 Å². The number of hydrogen-bond acceptors (Lipinski definition) is 3. The molecule has 1 aromatic heterocycles. The van der Waals surface area contributed by atoms with Crippen molar-refractivity contribution in [2.45, 2.75) is 40.0 Å². The predicted octanol–water partition coefficient (Wildman–Crippen LogP) is 3.31. The van der Waals surface area contributed by atoms with Crippen molar-refractivity contribution in [3.05, 3.63) is 16.5 Å². The van der Waals surface area contributed by atoms with Gasteiger partial charge in [-0.1, -0.05) is 20.3 Å². The SMILES string of the molecule is CCCCON(C=O)c1sc(C)cc1CC. The van der Waals surface area contributed by atoms with E-state index in [-0.39, 0.29) is 0 Å². The van der Waals surface area contributed by atoms with Crippen molar-refractivity contribution in [3.63, 3.8) is 0 Å². The Morgan fingerprint density at radius 1 is 1.50 bits per heavy atom. The van der Waals surface area contributed by atoms with Crippen LogP contribution in [0.2, 0.25) is 0 Å². The first-order valence-corrected chi connectivity index (χ1v) is 6.51. The molecule has 0 saturated heterocycles. The Morgan fingerprint density at radius 3 is 2.81 bits per heavy atom. The van der Waals surface area contributed by atoms with Gasteiger partial charge in [0, 0.05) is 4.88 Å². The second-order valence-corrected chi connectivity index (χ2v) is 4.89. The van der Waals surface area contributed by atoms with Crippen LogP contribution >= 0.6 is 11.3 Å². The summed E-state index contributed by atoms with van der Waals surface area (Å²) in [5, 5.41) is 2.29. The third-order valence-electron chi connectivity index (χ3n) is 2.31. The Bertz CT molecular complexity index is 336. The molecule has 0 bridgehead atoms. The topological polar surface area (TPSA) is 29.5 Å². The van der Waals surface area contributed by atoms with Gasteiger partial charge in [0.05, 0.1) is 6.61 Å². The lowest BCUT2D eigenvalue weighted by atomic mass is 10.2. The molecule has 0 aliphatic heterocycles. The van der Waals surface area contributed by atoms with E-state index in [1.54, 1.807) is 11.3 Å². The number of nitrogens with zero attached hydrogens (tertiary/aromatic N) is 1. The van der Waals surface area contributed by atoms with Gasteiger partial charge in [-0.3, -0.25) is 9.63 Å². The number of thiophene rings is 1. The van der Waals surface area contributed by atoms with E-state index in [4.69, 9.17) is 4.84 Å². The Labute approximate surface area is 101 Å². The van der Waals surface area contributed by atoms with E-state index < -0.39 is 0 Å². The Hall–Kier alpha value is -0.870. The van der Waals surface area contributed by atoms with Crippen LogP contribution in [-0.2, 0) is 16.1 Å². The largest absolute Gasteiger partial charge is 0.276 e. The average molecular weight is 241 g/mol. The van der Waals surface area contributed by atoms with Crippen molar-refractivity contribution in [2.24, 2.45) is 0 Å². The van der Waals surface area contributed by atoms with Gasteiger partial charge >= 0.3 is 0 Å². The van der Waals surface area contributed by atoms with Crippen LogP contribution in [0.1, 0.15) is 37.1 Å². The van der Waals surface area contributed by atoms with E-state index in [1.165, 1.54) is 15.5 Å². The summed E-state index contributed by atoms with van der Waals surface area (Å²) in [5.74, 6) is 0. The molecule has 0 atom stereocenters. The lowest BCUT2D eigenvalue weighted by molar-refractivity contribution is -0.113. The monoisotopic (exact) mass is 241 g/mol. The molecule has 0 aromatic carbocycles. The Kier molecular flexibility index (Phi) is 5.49. The van der Waals surface area contributed by atoms with Crippen LogP contribution in [0.3, 0.4) is 0 Å². The first-order chi connectivity index (χ1) is 7.72. The number of unbranched alkanes of at least 4 members (excludes halogenated alkanes) is 1. The molecule has 4 heteroatoms. The summed E-state index contributed by atoms with van der Waals surface area (Å²) in [6.45, 7) is 6.82. The van der Waals surface area contributed by atoms with Crippen LogP contribution in [0.15, 0.2) is 6.07 Å². The number of hydrogen-bond donors (Lipinski definition) is 0. The zero-order chi connectivity index (χ0) is 12.0. The van der Waals surface area contributed by atoms with Crippen molar-refractivity contribution < 1.29 is 9.63 Å². The zero-order valence-corrected chi connectivity index (χ0v) is 11.0. The maximum absolute atomic E-state index is 11.0. The number of carbonyl (C=O) groups is 1. The standard InChI is InChI=1S/C12H19NO2S/c1-4-6-7-15-13(9-14)12-11(5-2)8-10(3)16-12/h8-9H,4-7H2,1-3H3. The Morgan fingerprint density at radius 2 is 2.25 bits per heavy atom. The van der Waals surface area contributed by atoms with Crippen LogP contribution in [0.5, 0.6) is 0 Å². The maximum Gasteiger partial charge on any atom is 0.238 e. The minimum absolute atomic E-state index is 0.593. The van der Waals surface area contributed by atoms with Crippen LogP contribution in [0.25, 0.3) is 0 Å². The van der Waals surface area contributed by atoms with Crippen LogP contribution in [0.4, 0.5) is 5.00 Å². The van der Waals surface area contributed by atoms with Gasteiger partial charge in [-0.05, 0) is 31.4 Å². The van der Waals surface area contributed by atoms with E-state index in [1.807, 2.05) is 6.92 Å². The molecule has 1 heterocycles. The van der Waals surface area contributed by atoms with E-state index in [0.717, 1.165) is 30.7 Å². The van der Waals surface area contributed by atoms with Gasteiger partial charge in [0.1, 0.15) is 5.00 Å². The Balaban J connectivity index is 2.73. The fourth-order valence-corrected chi connectivity index (χ4v) is 2.46. The fourth-order valence-electron chi connectivity index (χ4n) is 1.44. The lowest BCUT2D eigenvalue weighted by Gasteiger charge is -2.16. The number of amides is 1. The number of aryl methyl sites for hydroxylation is 2. The van der Waals surface area contributed by atoms with E-state index in [0.29, 0.717) is 6.61 Å². The van der Waals surface area contributed by atoms with Gasteiger partial charge in [0.15, 0.2) is 0 Å². The zero-order valence-electron chi connectivity index (χ0n) is 10.2. The molecular weight excluding hydrogens is 222 g/mol. The highest BCUT2D eigenvalue weighted by Crippen LogP contribution is 2.31. The molecule has 90 valence electrons. The summed E-state index contributed by atoms with van der Waals surface area (Å²) in [4.78, 5) is 17.6. The molecule has 1 amide bonds. The molecule has 1 aromatic rings. The van der Waals surface area contributed by atoms with Crippen molar-refractivity contribution in [2.75, 3.05) is 11.7 Å². The minimum atomic E-state index is 0.593. The number of anilines is 1. The second kappa shape index (κ2) is 6.66. The summed E-state index contributed by atoms with van der Waals surface area (Å²) in [6, 6.07) is 2.11. The lowest BCUT2D eigenvalue weighted by Crippen LogP contribution is -2.22. The maximum atomic E-state index is 11.0. The van der Waals surface area contributed by atoms with E-state index >= 15 is 0 Å². The smallest absolute Gasteiger partial charge is 0.238 e. The highest BCUT2D eigenvalue weighted by atomic mass is 32.1. The van der Waals surface area contributed by atoms with Gasteiger partial charge in [-0.15, -0.1) is 11.3 Å². The molecule has 0 aliphatic carbocycles. The molecule has 16 heavy (non-hydrogen) atoms. The molecule has 0 saturated carbocycles. The van der Waals surface area contributed by atoms with Gasteiger partial charge in [0.25, 0.3) is 0 Å². The van der Waals surface area contributed by atoms with Gasteiger partial charge < -0.3 is 0 Å². The summed E-state index contributed by atoms with van der Waals surface area (Å²) in [7, 11) is 0. The van der Waals surface area contributed by atoms with Crippen LogP contribution < -0.4 is 5.06 Å². The molecule has 1 rings (SSSR count). The third kappa shape index (κ3) is 3.32. The van der Waals surface area contributed by atoms with E-state index in [9.17, 15) is 4.79 Å². The number of rotatable bonds is 7. The fraction of sp³-hybridized carbons (Fsp3) is 0.583. The second-order valence-electron chi connectivity index (χ2n) is 3.66. The normalized spacial score (nSPS) is 10.4. The average Bonchev–Trinajstić information content (AvgIpc) is 2.66. The molecule has 0 radical (unpaired) electrons. The van der Waals surface area contributed by atoms with Gasteiger partial charge in [-0.25, -0.2) is 0 Å². The summed E-state index contributed by atoms with van der Waals surface area (Å²) < 4.78 is 0. The number of hydroxylamine groups is 1. The molecule has 0 N–H and O–H groups in total.